The summed E-state index contributed by atoms with van der Waals surface area (Å²) >= 11 is 0. The molecule has 0 aliphatic carbocycles. The fraction of sp³-hybridized carbons (Fsp3) is 0.562. The zero-order chi connectivity index (χ0) is 13.8. The molecule has 0 fully saturated rings. The van der Waals surface area contributed by atoms with Crippen molar-refractivity contribution in [1.29, 1.82) is 0 Å². The molecular weight excluding hydrogens is 236 g/mol. The van der Waals surface area contributed by atoms with E-state index in [1.54, 1.807) is 0 Å². The molecule has 3 heteroatoms. The van der Waals surface area contributed by atoms with E-state index in [0.29, 0.717) is 5.92 Å². The van der Waals surface area contributed by atoms with Gasteiger partial charge in [0.15, 0.2) is 0 Å². The molecule has 1 heterocycles. The molecule has 0 bridgehead atoms. The van der Waals surface area contributed by atoms with Crippen molar-refractivity contribution in [3.05, 3.63) is 29.3 Å². The van der Waals surface area contributed by atoms with E-state index >= 15 is 0 Å². The molecule has 0 saturated carbocycles. The number of fused-ring (bicyclic) bond motifs is 1. The summed E-state index contributed by atoms with van der Waals surface area (Å²) in [6.45, 7) is 7.36. The van der Waals surface area contributed by atoms with E-state index in [1.165, 1.54) is 5.56 Å². The molecule has 0 spiro atoms. The second-order valence-corrected chi connectivity index (χ2v) is 5.52. The summed E-state index contributed by atoms with van der Waals surface area (Å²) in [5, 5.41) is 6.49. The van der Waals surface area contributed by atoms with Crippen LogP contribution >= 0.6 is 0 Å². The van der Waals surface area contributed by atoms with E-state index in [9.17, 15) is 4.79 Å². The van der Waals surface area contributed by atoms with E-state index in [1.807, 2.05) is 12.1 Å². The van der Waals surface area contributed by atoms with Crippen LogP contribution in [-0.4, -0.2) is 18.5 Å². The Morgan fingerprint density at radius 3 is 2.95 bits per heavy atom. The van der Waals surface area contributed by atoms with Gasteiger partial charge in [-0.2, -0.15) is 0 Å². The van der Waals surface area contributed by atoms with Gasteiger partial charge in [0.2, 0.25) is 0 Å². The molecule has 1 aromatic rings. The average molecular weight is 260 g/mol. The number of rotatable bonds is 4. The number of hydrogen-bond acceptors (Lipinski definition) is 2. The number of benzene rings is 1. The van der Waals surface area contributed by atoms with E-state index in [4.69, 9.17) is 0 Å². The average Bonchev–Trinajstić information content (AvgIpc) is 2.45. The Hall–Kier alpha value is -1.51. The van der Waals surface area contributed by atoms with E-state index in [-0.39, 0.29) is 11.9 Å². The lowest BCUT2D eigenvalue weighted by Gasteiger charge is -2.23. The highest BCUT2D eigenvalue weighted by atomic mass is 16.1. The third-order valence-electron chi connectivity index (χ3n) is 4.18. The van der Waals surface area contributed by atoms with Crippen LogP contribution in [0, 0.1) is 5.92 Å². The standard InChI is InChI=1S/C16H24N2O/c1-4-11(2)12(3)18-16(19)14-9-5-7-13-8-6-10-17-15(13)14/h5,7,9,11-12,17H,4,6,8,10H2,1-3H3,(H,18,19). The van der Waals surface area contributed by atoms with Crippen LogP contribution in [0.2, 0.25) is 0 Å². The number of aryl methyl sites for hydroxylation is 1. The lowest BCUT2D eigenvalue weighted by atomic mass is 9.97. The number of amides is 1. The van der Waals surface area contributed by atoms with Crippen molar-refractivity contribution in [2.45, 2.75) is 46.1 Å². The van der Waals surface area contributed by atoms with Crippen molar-refractivity contribution in [2.24, 2.45) is 5.92 Å². The topological polar surface area (TPSA) is 41.1 Å². The van der Waals surface area contributed by atoms with Crippen LogP contribution in [0.3, 0.4) is 0 Å². The van der Waals surface area contributed by atoms with Gasteiger partial charge >= 0.3 is 0 Å². The van der Waals surface area contributed by atoms with Gasteiger partial charge in [0.25, 0.3) is 5.91 Å². The maximum absolute atomic E-state index is 12.4. The summed E-state index contributed by atoms with van der Waals surface area (Å²) in [6.07, 6.45) is 3.28. The molecule has 1 aliphatic rings. The number of para-hydroxylation sites is 1. The summed E-state index contributed by atoms with van der Waals surface area (Å²) in [6, 6.07) is 6.21. The van der Waals surface area contributed by atoms with Gasteiger partial charge in [0.1, 0.15) is 0 Å². The van der Waals surface area contributed by atoms with Crippen LogP contribution in [0.15, 0.2) is 18.2 Å². The Labute approximate surface area is 115 Å². The van der Waals surface area contributed by atoms with Gasteiger partial charge < -0.3 is 10.6 Å². The van der Waals surface area contributed by atoms with Crippen molar-refractivity contribution in [3.63, 3.8) is 0 Å². The summed E-state index contributed by atoms with van der Waals surface area (Å²) in [7, 11) is 0. The van der Waals surface area contributed by atoms with Crippen molar-refractivity contribution in [2.75, 3.05) is 11.9 Å². The molecule has 2 atom stereocenters. The zero-order valence-corrected chi connectivity index (χ0v) is 12.1. The van der Waals surface area contributed by atoms with Crippen molar-refractivity contribution < 1.29 is 4.79 Å². The van der Waals surface area contributed by atoms with Gasteiger partial charge in [0, 0.05) is 12.6 Å². The number of anilines is 1. The minimum absolute atomic E-state index is 0.0408. The van der Waals surface area contributed by atoms with Crippen LogP contribution in [-0.2, 0) is 6.42 Å². The Kier molecular flexibility index (Phi) is 4.46. The predicted molar refractivity (Wildman–Crippen MR) is 79.6 cm³/mol. The number of carbonyl (C=O) groups is 1. The number of carbonyl (C=O) groups excluding carboxylic acids is 1. The molecule has 19 heavy (non-hydrogen) atoms. The fourth-order valence-corrected chi connectivity index (χ4v) is 2.48. The first kappa shape index (κ1) is 13.9. The minimum Gasteiger partial charge on any atom is -0.384 e. The molecule has 104 valence electrons. The van der Waals surface area contributed by atoms with E-state index in [2.05, 4.69) is 37.5 Å². The highest BCUT2D eigenvalue weighted by Gasteiger charge is 2.19. The molecule has 2 N–H and O–H groups in total. The Balaban J connectivity index is 2.15. The number of nitrogens with one attached hydrogen (secondary N) is 2. The second kappa shape index (κ2) is 6.09. The van der Waals surface area contributed by atoms with E-state index < -0.39 is 0 Å². The lowest BCUT2D eigenvalue weighted by Crippen LogP contribution is -2.37. The molecule has 1 aliphatic heterocycles. The molecule has 0 saturated heterocycles. The summed E-state index contributed by atoms with van der Waals surface area (Å²) in [5.41, 5.74) is 3.07. The Bertz CT molecular complexity index is 456. The fourth-order valence-electron chi connectivity index (χ4n) is 2.48. The maximum Gasteiger partial charge on any atom is 0.253 e. The predicted octanol–water partition coefficient (Wildman–Crippen LogP) is 3.21. The van der Waals surface area contributed by atoms with Gasteiger partial charge in [-0.1, -0.05) is 32.4 Å². The van der Waals surface area contributed by atoms with Crippen molar-refractivity contribution in [1.82, 2.24) is 5.32 Å². The monoisotopic (exact) mass is 260 g/mol. The van der Waals surface area contributed by atoms with Gasteiger partial charge in [0.05, 0.1) is 11.3 Å². The van der Waals surface area contributed by atoms with Crippen LogP contribution in [0.4, 0.5) is 5.69 Å². The first-order valence-corrected chi connectivity index (χ1v) is 7.30. The molecule has 2 rings (SSSR count). The highest BCUT2D eigenvalue weighted by molar-refractivity contribution is 6.00. The van der Waals surface area contributed by atoms with E-state index in [0.717, 1.165) is 37.1 Å². The Morgan fingerprint density at radius 2 is 2.21 bits per heavy atom. The normalized spacial score (nSPS) is 17.0. The first-order valence-electron chi connectivity index (χ1n) is 7.30. The van der Waals surface area contributed by atoms with Crippen LogP contribution < -0.4 is 10.6 Å². The number of hydrogen-bond donors (Lipinski definition) is 2. The summed E-state index contributed by atoms with van der Waals surface area (Å²) in [5.74, 6) is 0.537. The van der Waals surface area contributed by atoms with Crippen molar-refractivity contribution in [3.8, 4) is 0 Å². The van der Waals surface area contributed by atoms with Crippen molar-refractivity contribution >= 4 is 11.6 Å². The Morgan fingerprint density at radius 1 is 1.42 bits per heavy atom. The molecule has 0 radical (unpaired) electrons. The lowest BCUT2D eigenvalue weighted by molar-refractivity contribution is 0.0929. The van der Waals surface area contributed by atoms with Gasteiger partial charge in [-0.25, -0.2) is 0 Å². The van der Waals surface area contributed by atoms with Crippen LogP contribution in [0.1, 0.15) is 49.5 Å². The zero-order valence-electron chi connectivity index (χ0n) is 12.1. The van der Waals surface area contributed by atoms with Gasteiger partial charge in [-0.15, -0.1) is 0 Å². The summed E-state index contributed by atoms with van der Waals surface area (Å²) in [4.78, 5) is 12.4. The summed E-state index contributed by atoms with van der Waals surface area (Å²) < 4.78 is 0. The quantitative estimate of drug-likeness (QED) is 0.872. The molecule has 2 unspecified atom stereocenters. The minimum atomic E-state index is 0.0408. The SMILES string of the molecule is CCC(C)C(C)NC(=O)c1cccc2c1NCCC2. The third kappa shape index (κ3) is 3.09. The molecular formula is C16H24N2O. The second-order valence-electron chi connectivity index (χ2n) is 5.52. The van der Waals surface area contributed by atoms with Gasteiger partial charge in [-0.05, 0) is 37.3 Å². The molecule has 3 nitrogen and oxygen atoms in total. The molecule has 1 aromatic carbocycles. The van der Waals surface area contributed by atoms with Crippen LogP contribution in [0.25, 0.3) is 0 Å². The maximum atomic E-state index is 12.4. The highest BCUT2D eigenvalue weighted by Crippen LogP contribution is 2.26. The molecule has 0 aromatic heterocycles. The molecule has 1 amide bonds. The smallest absolute Gasteiger partial charge is 0.253 e. The first-order chi connectivity index (χ1) is 9.13. The van der Waals surface area contributed by atoms with Gasteiger partial charge in [-0.3, -0.25) is 4.79 Å². The van der Waals surface area contributed by atoms with Crippen LogP contribution in [0.5, 0.6) is 0 Å². The largest absolute Gasteiger partial charge is 0.384 e. The third-order valence-corrected chi connectivity index (χ3v) is 4.18.